The van der Waals surface area contributed by atoms with E-state index in [1.165, 1.54) is 18.8 Å². The van der Waals surface area contributed by atoms with Gasteiger partial charge in [0.1, 0.15) is 0 Å². The molecule has 0 radical (unpaired) electrons. The molecule has 0 saturated carbocycles. The molecule has 0 saturated heterocycles. The van der Waals surface area contributed by atoms with Crippen LogP contribution in [0.5, 0.6) is 0 Å². The number of sulfonamides is 1. The molecule has 0 fully saturated rings. The molecule has 3 rings (SSSR count). The Morgan fingerprint density at radius 2 is 1.65 bits per heavy atom. The lowest BCUT2D eigenvalue weighted by Gasteiger charge is -2.18. The van der Waals surface area contributed by atoms with E-state index in [-0.39, 0.29) is 16.9 Å². The Morgan fingerprint density at radius 1 is 1.00 bits per heavy atom. The Labute approximate surface area is 183 Å². The van der Waals surface area contributed by atoms with Gasteiger partial charge in [-0.25, -0.2) is 13.8 Å². The van der Waals surface area contributed by atoms with Crippen LogP contribution in [-0.2, 0) is 20.2 Å². The normalized spacial score (nSPS) is 12.5. The van der Waals surface area contributed by atoms with E-state index in [9.17, 15) is 13.2 Å². The highest BCUT2D eigenvalue weighted by molar-refractivity contribution is 7.89. The van der Waals surface area contributed by atoms with Crippen molar-refractivity contribution in [3.05, 3.63) is 77.9 Å². The Morgan fingerprint density at radius 3 is 2.29 bits per heavy atom. The first-order valence-corrected chi connectivity index (χ1v) is 11.4. The monoisotopic (exact) mass is 437 g/mol. The van der Waals surface area contributed by atoms with E-state index in [1.54, 1.807) is 18.2 Å². The summed E-state index contributed by atoms with van der Waals surface area (Å²) in [6.07, 6.45) is 1.53. The number of benzene rings is 3. The number of amides is 1. The maximum Gasteiger partial charge on any atom is 0.255 e. The Balaban J connectivity index is 1.62. The smallest absolute Gasteiger partial charge is 0.255 e. The lowest BCUT2D eigenvalue weighted by atomic mass is 9.87. The van der Waals surface area contributed by atoms with Crippen LogP contribution in [0.3, 0.4) is 0 Å². The highest BCUT2D eigenvalue weighted by Gasteiger charge is 2.23. The number of hydrogen-bond donors (Lipinski definition) is 1. The van der Waals surface area contributed by atoms with Gasteiger partial charge in [0, 0.05) is 7.05 Å². The van der Waals surface area contributed by atoms with Gasteiger partial charge in [-0.2, -0.15) is 9.41 Å². The maximum absolute atomic E-state index is 12.8. The van der Waals surface area contributed by atoms with Crippen molar-refractivity contribution < 1.29 is 13.2 Å². The fourth-order valence-electron chi connectivity index (χ4n) is 3.08. The van der Waals surface area contributed by atoms with Crippen LogP contribution in [0.1, 0.15) is 31.9 Å². The number of hydrazone groups is 1. The zero-order valence-corrected chi connectivity index (χ0v) is 19.0. The molecule has 1 amide bonds. The van der Waals surface area contributed by atoms with Gasteiger partial charge in [-0.3, -0.25) is 4.79 Å². The average molecular weight is 438 g/mol. The molecule has 162 valence electrons. The number of fused-ring (bicyclic) bond motifs is 1. The fraction of sp³-hybridized carbons (Fsp3) is 0.250. The molecule has 0 bridgehead atoms. The molecule has 3 aromatic rings. The van der Waals surface area contributed by atoms with Gasteiger partial charge in [0.25, 0.3) is 5.91 Å². The summed E-state index contributed by atoms with van der Waals surface area (Å²) in [5.41, 5.74) is 4.49. The van der Waals surface area contributed by atoms with E-state index in [0.29, 0.717) is 0 Å². The van der Waals surface area contributed by atoms with Crippen LogP contribution in [-0.4, -0.2) is 38.4 Å². The van der Waals surface area contributed by atoms with Gasteiger partial charge in [0.15, 0.2) is 0 Å². The van der Waals surface area contributed by atoms with Crippen molar-refractivity contribution in [1.29, 1.82) is 0 Å². The van der Waals surface area contributed by atoms with Gasteiger partial charge < -0.3 is 0 Å². The highest BCUT2D eigenvalue weighted by atomic mass is 32.2. The van der Waals surface area contributed by atoms with Crippen molar-refractivity contribution in [3.8, 4) is 0 Å². The van der Waals surface area contributed by atoms with Gasteiger partial charge >= 0.3 is 0 Å². The molecular formula is C24H27N3O3S. The minimum atomic E-state index is -3.80. The third-order valence-corrected chi connectivity index (χ3v) is 6.77. The number of nitrogens with zero attached hydrogens (tertiary/aromatic N) is 2. The van der Waals surface area contributed by atoms with Crippen molar-refractivity contribution in [1.82, 2.24) is 9.73 Å². The second kappa shape index (κ2) is 8.99. The van der Waals surface area contributed by atoms with Crippen LogP contribution in [0, 0.1) is 0 Å². The summed E-state index contributed by atoms with van der Waals surface area (Å²) in [5.74, 6) is -0.519. The molecule has 0 spiro atoms. The number of carbonyl (C=O) groups excluding carboxylic acids is 1. The molecule has 1 N–H and O–H groups in total. The number of rotatable bonds is 6. The van der Waals surface area contributed by atoms with Crippen LogP contribution in [0.4, 0.5) is 0 Å². The zero-order chi connectivity index (χ0) is 22.6. The second-order valence-electron chi connectivity index (χ2n) is 8.44. The maximum atomic E-state index is 12.8. The van der Waals surface area contributed by atoms with E-state index < -0.39 is 15.9 Å². The molecule has 0 aliphatic rings. The molecule has 0 atom stereocenters. The fourth-order valence-corrected chi connectivity index (χ4v) is 4.24. The van der Waals surface area contributed by atoms with Crippen LogP contribution in [0.15, 0.2) is 76.7 Å². The Kier molecular flexibility index (Phi) is 6.57. The predicted molar refractivity (Wildman–Crippen MR) is 125 cm³/mol. The van der Waals surface area contributed by atoms with Crippen molar-refractivity contribution >= 4 is 32.9 Å². The SMILES string of the molecule is CN(CC(=O)N/N=C\c1ccc(C(C)(C)C)cc1)S(=O)(=O)c1ccc2ccccc2c1. The first-order chi connectivity index (χ1) is 14.6. The first kappa shape index (κ1) is 22.7. The van der Waals surface area contributed by atoms with E-state index in [4.69, 9.17) is 0 Å². The summed E-state index contributed by atoms with van der Waals surface area (Å²) in [4.78, 5) is 12.3. The van der Waals surface area contributed by atoms with Gasteiger partial charge in [0.2, 0.25) is 10.0 Å². The average Bonchev–Trinajstić information content (AvgIpc) is 2.73. The van der Waals surface area contributed by atoms with Crippen molar-refractivity contribution in [2.75, 3.05) is 13.6 Å². The summed E-state index contributed by atoms with van der Waals surface area (Å²) in [6, 6.07) is 20.3. The molecule has 0 unspecified atom stereocenters. The van der Waals surface area contributed by atoms with Crippen LogP contribution < -0.4 is 5.43 Å². The number of carbonyl (C=O) groups is 1. The molecule has 7 heteroatoms. The summed E-state index contributed by atoms with van der Waals surface area (Å²) < 4.78 is 26.7. The number of likely N-dealkylation sites (N-methyl/N-ethyl adjacent to an activating group) is 1. The van der Waals surface area contributed by atoms with Crippen molar-refractivity contribution in [2.45, 2.75) is 31.1 Å². The Hall–Kier alpha value is -3.03. The first-order valence-electron chi connectivity index (χ1n) is 9.95. The van der Waals surface area contributed by atoms with Crippen LogP contribution in [0.25, 0.3) is 10.8 Å². The Bertz CT molecular complexity index is 1210. The minimum Gasteiger partial charge on any atom is -0.272 e. The quantitative estimate of drug-likeness (QED) is 0.469. The molecule has 0 aliphatic heterocycles. The molecule has 0 aliphatic carbocycles. The molecular weight excluding hydrogens is 410 g/mol. The molecule has 0 heterocycles. The van der Waals surface area contributed by atoms with E-state index in [2.05, 4.69) is 31.3 Å². The minimum absolute atomic E-state index is 0.0605. The van der Waals surface area contributed by atoms with E-state index in [1.807, 2.05) is 48.5 Å². The predicted octanol–water partition coefficient (Wildman–Crippen LogP) is 3.91. The molecule has 3 aromatic carbocycles. The van der Waals surface area contributed by atoms with Crippen molar-refractivity contribution in [2.24, 2.45) is 5.10 Å². The number of nitrogens with one attached hydrogen (secondary N) is 1. The third-order valence-electron chi connectivity index (χ3n) is 4.97. The van der Waals surface area contributed by atoms with Gasteiger partial charge in [-0.15, -0.1) is 0 Å². The highest BCUT2D eigenvalue weighted by Crippen LogP contribution is 2.22. The van der Waals surface area contributed by atoms with Crippen molar-refractivity contribution in [3.63, 3.8) is 0 Å². The zero-order valence-electron chi connectivity index (χ0n) is 18.2. The lowest BCUT2D eigenvalue weighted by Crippen LogP contribution is -2.36. The van der Waals surface area contributed by atoms with E-state index >= 15 is 0 Å². The van der Waals surface area contributed by atoms with Crippen LogP contribution >= 0.6 is 0 Å². The molecule has 31 heavy (non-hydrogen) atoms. The van der Waals surface area contributed by atoms with Gasteiger partial charge in [0.05, 0.1) is 17.7 Å². The van der Waals surface area contributed by atoms with E-state index in [0.717, 1.165) is 20.6 Å². The lowest BCUT2D eigenvalue weighted by molar-refractivity contribution is -0.121. The second-order valence-corrected chi connectivity index (χ2v) is 10.5. The largest absolute Gasteiger partial charge is 0.272 e. The summed E-state index contributed by atoms with van der Waals surface area (Å²) in [5, 5.41) is 5.71. The van der Waals surface area contributed by atoms with Crippen LogP contribution in [0.2, 0.25) is 0 Å². The third kappa shape index (κ3) is 5.57. The molecule has 0 aromatic heterocycles. The standard InChI is InChI=1S/C24H27N3O3S/c1-24(2,3)21-12-9-18(10-13-21)16-25-26-23(28)17-27(4)31(29,30)22-14-11-19-7-5-6-8-20(19)15-22/h5-16H,17H2,1-4H3,(H,26,28)/b25-16-. The summed E-state index contributed by atoms with van der Waals surface area (Å²) in [7, 11) is -2.43. The topological polar surface area (TPSA) is 78.8 Å². The van der Waals surface area contributed by atoms with Gasteiger partial charge in [-0.05, 0) is 39.4 Å². The van der Waals surface area contributed by atoms with Gasteiger partial charge in [-0.1, -0.05) is 75.4 Å². The summed E-state index contributed by atoms with van der Waals surface area (Å²) >= 11 is 0. The summed E-state index contributed by atoms with van der Waals surface area (Å²) in [6.45, 7) is 6.08. The number of hydrogen-bond acceptors (Lipinski definition) is 4. The molecule has 6 nitrogen and oxygen atoms in total.